The fourth-order valence-electron chi connectivity index (χ4n) is 4.62. The molecule has 1 aromatic heterocycles. The second-order valence-corrected chi connectivity index (χ2v) is 11.2. The average Bonchev–Trinajstić information content (AvgIpc) is 3.30. The zero-order valence-electron chi connectivity index (χ0n) is 20.5. The Kier molecular flexibility index (Phi) is 7.38. The summed E-state index contributed by atoms with van der Waals surface area (Å²) in [5.41, 5.74) is 2.27. The van der Waals surface area contributed by atoms with Crippen LogP contribution in [0.3, 0.4) is 0 Å². The number of carbonyl (C=O) groups excluding carboxylic acids is 1. The minimum atomic E-state index is -3.69. The summed E-state index contributed by atoms with van der Waals surface area (Å²) in [4.78, 5) is 12.4. The molecule has 4 rings (SSSR count). The summed E-state index contributed by atoms with van der Waals surface area (Å²) in [7, 11) is -2.24. The molecule has 9 heteroatoms. The Morgan fingerprint density at radius 1 is 1.11 bits per heavy atom. The van der Waals surface area contributed by atoms with Gasteiger partial charge in [0.05, 0.1) is 10.6 Å². The van der Waals surface area contributed by atoms with E-state index in [-0.39, 0.29) is 10.5 Å². The van der Waals surface area contributed by atoms with Crippen molar-refractivity contribution in [2.24, 2.45) is 11.8 Å². The lowest BCUT2D eigenvalue weighted by atomic mass is 9.94. The molecule has 0 saturated carbocycles. The highest BCUT2D eigenvalue weighted by molar-refractivity contribution is 7.89. The van der Waals surface area contributed by atoms with Gasteiger partial charge in [-0.1, -0.05) is 44.2 Å². The number of benzene rings is 2. The van der Waals surface area contributed by atoms with Crippen LogP contribution in [0.5, 0.6) is 0 Å². The maximum atomic E-state index is 13.5. The first-order valence-electron chi connectivity index (χ1n) is 11.8. The highest BCUT2D eigenvalue weighted by Crippen LogP contribution is 2.31. The number of amides is 1. The van der Waals surface area contributed by atoms with Crippen molar-refractivity contribution in [3.8, 4) is 23.0 Å². The third-order valence-electron chi connectivity index (χ3n) is 6.24. The Hall–Kier alpha value is -3.74. The zero-order valence-corrected chi connectivity index (χ0v) is 21.4. The molecule has 0 aliphatic carbocycles. The second kappa shape index (κ2) is 10.5. The van der Waals surface area contributed by atoms with Crippen molar-refractivity contribution in [1.82, 2.24) is 19.4 Å². The summed E-state index contributed by atoms with van der Waals surface area (Å²) in [6.45, 7) is 5.13. The van der Waals surface area contributed by atoms with Crippen LogP contribution < -0.4 is 5.32 Å². The van der Waals surface area contributed by atoms with Gasteiger partial charge in [-0.05, 0) is 48.6 Å². The van der Waals surface area contributed by atoms with Gasteiger partial charge < -0.3 is 5.32 Å². The van der Waals surface area contributed by atoms with Crippen LogP contribution in [0.4, 0.5) is 0 Å². The highest BCUT2D eigenvalue weighted by Gasteiger charge is 2.32. The monoisotopic (exact) mass is 503 g/mol. The van der Waals surface area contributed by atoms with E-state index in [2.05, 4.69) is 19.2 Å². The number of para-hydroxylation sites is 1. The number of hydrogen-bond donors (Lipinski definition) is 1. The molecule has 36 heavy (non-hydrogen) atoms. The van der Waals surface area contributed by atoms with Gasteiger partial charge in [0.2, 0.25) is 10.0 Å². The highest BCUT2D eigenvalue weighted by atomic mass is 32.2. The molecule has 1 N–H and O–H groups in total. The van der Waals surface area contributed by atoms with E-state index in [0.29, 0.717) is 41.7 Å². The molecule has 1 aliphatic rings. The van der Waals surface area contributed by atoms with Gasteiger partial charge in [0.1, 0.15) is 17.3 Å². The summed E-state index contributed by atoms with van der Waals surface area (Å²) < 4.78 is 30.2. The summed E-state index contributed by atoms with van der Waals surface area (Å²) in [5, 5.41) is 16.7. The smallest absolute Gasteiger partial charge is 0.261 e. The van der Waals surface area contributed by atoms with E-state index in [4.69, 9.17) is 5.10 Å². The zero-order chi connectivity index (χ0) is 25.9. The largest absolute Gasteiger partial charge is 0.354 e. The van der Waals surface area contributed by atoms with Crippen LogP contribution in [-0.4, -0.2) is 48.5 Å². The Morgan fingerprint density at radius 3 is 2.44 bits per heavy atom. The maximum Gasteiger partial charge on any atom is 0.261 e. The van der Waals surface area contributed by atoms with Gasteiger partial charge in [0.25, 0.3) is 5.91 Å². The predicted molar refractivity (Wildman–Crippen MR) is 138 cm³/mol. The molecule has 2 aromatic carbocycles. The molecule has 2 atom stereocenters. The molecule has 1 fully saturated rings. The van der Waals surface area contributed by atoms with Crippen molar-refractivity contribution in [3.05, 3.63) is 71.9 Å². The third-order valence-corrected chi connectivity index (χ3v) is 8.06. The number of nitriles is 1. The number of carbonyl (C=O) groups is 1. The van der Waals surface area contributed by atoms with E-state index < -0.39 is 15.9 Å². The second-order valence-electron chi connectivity index (χ2n) is 9.26. The first-order valence-corrected chi connectivity index (χ1v) is 13.3. The molecule has 8 nitrogen and oxygen atoms in total. The van der Waals surface area contributed by atoms with Crippen LogP contribution in [0.1, 0.15) is 25.8 Å². The lowest BCUT2D eigenvalue weighted by Gasteiger charge is -2.34. The van der Waals surface area contributed by atoms with Crippen molar-refractivity contribution in [2.45, 2.75) is 25.2 Å². The number of nitrogens with one attached hydrogen (secondary N) is 1. The van der Waals surface area contributed by atoms with E-state index in [1.165, 1.54) is 13.1 Å². The number of nitrogens with zero attached hydrogens (tertiary/aromatic N) is 4. The topological polar surface area (TPSA) is 108 Å². The Bertz CT molecular complexity index is 1430. The predicted octanol–water partition coefficient (Wildman–Crippen LogP) is 3.86. The minimum Gasteiger partial charge on any atom is -0.354 e. The van der Waals surface area contributed by atoms with Crippen LogP contribution in [0.2, 0.25) is 0 Å². The van der Waals surface area contributed by atoms with Crippen molar-refractivity contribution < 1.29 is 13.2 Å². The number of piperidine rings is 1. The summed E-state index contributed by atoms with van der Waals surface area (Å²) >= 11 is 0. The first-order chi connectivity index (χ1) is 17.2. The molecule has 2 unspecified atom stereocenters. The van der Waals surface area contributed by atoms with Crippen LogP contribution >= 0.6 is 0 Å². The Balaban J connectivity index is 1.81. The van der Waals surface area contributed by atoms with Gasteiger partial charge in [0, 0.05) is 37.5 Å². The fraction of sp³-hybridized carbons (Fsp3) is 0.296. The molecule has 186 valence electrons. The Labute approximate surface area is 211 Å². The quantitative estimate of drug-likeness (QED) is 0.406. The maximum absolute atomic E-state index is 13.5. The molecular weight excluding hydrogens is 474 g/mol. The molecule has 0 radical (unpaired) electrons. The first kappa shape index (κ1) is 25.4. The Morgan fingerprint density at radius 2 is 1.81 bits per heavy atom. The summed E-state index contributed by atoms with van der Waals surface area (Å²) in [6, 6.07) is 18.0. The molecule has 2 heterocycles. The van der Waals surface area contributed by atoms with Crippen LogP contribution in [-0.2, 0) is 14.8 Å². The number of sulfonamides is 1. The molecule has 0 spiro atoms. The van der Waals surface area contributed by atoms with E-state index in [0.717, 1.165) is 12.1 Å². The SMILES string of the molecule is CNC(=O)C(C#N)=Cc1cn(-c2ccccc2)nc1-c1cccc(S(=O)(=O)N2CC(C)CC(C)C2)c1. The summed E-state index contributed by atoms with van der Waals surface area (Å²) in [5.74, 6) is 0.0684. The lowest BCUT2D eigenvalue weighted by Crippen LogP contribution is -2.42. The van der Waals surface area contributed by atoms with Crippen LogP contribution in [0, 0.1) is 23.2 Å². The van der Waals surface area contributed by atoms with Gasteiger partial charge in [-0.2, -0.15) is 14.7 Å². The number of aromatic nitrogens is 2. The third kappa shape index (κ3) is 5.25. The molecule has 1 saturated heterocycles. The van der Waals surface area contributed by atoms with E-state index in [1.54, 1.807) is 39.4 Å². The standard InChI is InChI=1S/C27H29N5O3S/c1-19-12-20(2)17-31(16-19)36(34,35)25-11-7-8-21(14-25)26-23(13-22(15-28)27(33)29-3)18-32(30-26)24-9-5-4-6-10-24/h4-11,13-14,18-20H,12,16-17H2,1-3H3,(H,29,33). The van der Waals surface area contributed by atoms with Crippen LogP contribution in [0.15, 0.2) is 71.3 Å². The average molecular weight is 504 g/mol. The van der Waals surface area contributed by atoms with Gasteiger partial charge in [0.15, 0.2) is 0 Å². The normalized spacial score (nSPS) is 19.0. The fourth-order valence-corrected chi connectivity index (χ4v) is 6.35. The van der Waals surface area contributed by atoms with Gasteiger partial charge >= 0.3 is 0 Å². The van der Waals surface area contributed by atoms with E-state index >= 15 is 0 Å². The van der Waals surface area contributed by atoms with Gasteiger partial charge in [-0.3, -0.25) is 4.79 Å². The van der Waals surface area contributed by atoms with Crippen molar-refractivity contribution in [1.29, 1.82) is 5.26 Å². The molecule has 3 aromatic rings. The number of rotatable bonds is 6. The molecule has 1 aliphatic heterocycles. The molecular formula is C27H29N5O3S. The molecule has 1 amide bonds. The van der Waals surface area contributed by atoms with Crippen molar-refractivity contribution in [2.75, 3.05) is 20.1 Å². The molecule has 0 bridgehead atoms. The van der Waals surface area contributed by atoms with E-state index in [1.807, 2.05) is 36.4 Å². The number of hydrogen-bond acceptors (Lipinski definition) is 5. The summed E-state index contributed by atoms with van der Waals surface area (Å²) in [6.07, 6.45) is 4.20. The van der Waals surface area contributed by atoms with E-state index in [9.17, 15) is 18.5 Å². The number of likely N-dealkylation sites (N-methyl/N-ethyl adjacent to an activating group) is 1. The minimum absolute atomic E-state index is 0.0774. The van der Waals surface area contributed by atoms with Gasteiger partial charge in [-0.15, -0.1) is 0 Å². The van der Waals surface area contributed by atoms with Crippen LogP contribution in [0.25, 0.3) is 23.0 Å². The van der Waals surface area contributed by atoms with Crippen molar-refractivity contribution in [3.63, 3.8) is 0 Å². The lowest BCUT2D eigenvalue weighted by molar-refractivity contribution is -0.116. The van der Waals surface area contributed by atoms with Crippen molar-refractivity contribution >= 4 is 22.0 Å². The van der Waals surface area contributed by atoms with Gasteiger partial charge in [-0.25, -0.2) is 13.1 Å².